The Bertz CT molecular complexity index is 718. The first-order valence-electron chi connectivity index (χ1n) is 5.59. The molecule has 0 aliphatic rings. The van der Waals surface area contributed by atoms with Gasteiger partial charge in [-0.2, -0.15) is 0 Å². The van der Waals surface area contributed by atoms with Gasteiger partial charge in [-0.3, -0.25) is 0 Å². The van der Waals surface area contributed by atoms with Crippen molar-refractivity contribution in [2.75, 3.05) is 0 Å². The number of hydrogen-bond donors (Lipinski definition) is 1. The third-order valence-corrected chi connectivity index (χ3v) is 3.40. The smallest absolute Gasteiger partial charge is 0.335 e. The molecule has 0 aliphatic carbocycles. The van der Waals surface area contributed by atoms with Gasteiger partial charge in [0.25, 0.3) is 5.22 Å². The van der Waals surface area contributed by atoms with Gasteiger partial charge in [0.05, 0.1) is 5.56 Å². The second kappa shape index (κ2) is 4.78. The minimum atomic E-state index is -0.944. The van der Waals surface area contributed by atoms with Crippen molar-refractivity contribution in [1.82, 2.24) is 4.98 Å². The number of aromatic nitrogens is 1. The Morgan fingerprint density at radius 1 is 1.16 bits per heavy atom. The van der Waals surface area contributed by atoms with Crippen molar-refractivity contribution in [3.63, 3.8) is 0 Å². The Kier molecular flexibility index (Phi) is 2.97. The molecular formula is C14H9NO3S. The first-order chi connectivity index (χ1) is 9.22. The first kappa shape index (κ1) is 11.8. The van der Waals surface area contributed by atoms with E-state index < -0.39 is 5.97 Å². The van der Waals surface area contributed by atoms with Crippen molar-refractivity contribution in [3.05, 3.63) is 54.1 Å². The van der Waals surface area contributed by atoms with Crippen molar-refractivity contribution in [3.8, 4) is 0 Å². The van der Waals surface area contributed by atoms with Crippen LogP contribution in [0, 0.1) is 0 Å². The predicted octanol–water partition coefficient (Wildman–Crippen LogP) is 3.68. The first-order valence-corrected chi connectivity index (χ1v) is 6.41. The van der Waals surface area contributed by atoms with Gasteiger partial charge in [-0.15, -0.1) is 0 Å². The van der Waals surface area contributed by atoms with E-state index in [4.69, 9.17) is 9.52 Å². The maximum Gasteiger partial charge on any atom is 0.335 e. The monoisotopic (exact) mass is 271 g/mol. The van der Waals surface area contributed by atoms with Gasteiger partial charge in [0.1, 0.15) is 5.52 Å². The minimum Gasteiger partial charge on any atom is -0.478 e. The summed E-state index contributed by atoms with van der Waals surface area (Å²) in [5.74, 6) is -0.944. The van der Waals surface area contributed by atoms with Crippen LogP contribution in [0.3, 0.4) is 0 Å². The highest BCUT2D eigenvalue weighted by Gasteiger charge is 2.09. The maximum absolute atomic E-state index is 10.9. The van der Waals surface area contributed by atoms with E-state index in [0.717, 1.165) is 16.0 Å². The number of para-hydroxylation sites is 2. The summed E-state index contributed by atoms with van der Waals surface area (Å²) >= 11 is 1.30. The van der Waals surface area contributed by atoms with Gasteiger partial charge in [-0.1, -0.05) is 18.2 Å². The quantitative estimate of drug-likeness (QED) is 0.787. The largest absolute Gasteiger partial charge is 0.478 e. The number of oxazole rings is 1. The molecule has 0 saturated carbocycles. The Morgan fingerprint density at radius 2 is 2.00 bits per heavy atom. The molecule has 1 N–H and O–H groups in total. The van der Waals surface area contributed by atoms with E-state index in [1.807, 2.05) is 30.3 Å². The van der Waals surface area contributed by atoms with Gasteiger partial charge in [0, 0.05) is 4.90 Å². The van der Waals surface area contributed by atoms with E-state index in [9.17, 15) is 4.79 Å². The zero-order chi connectivity index (χ0) is 13.2. The molecule has 0 amide bonds. The normalized spacial score (nSPS) is 10.7. The Labute approximate surface area is 113 Å². The van der Waals surface area contributed by atoms with Crippen LogP contribution in [0.4, 0.5) is 0 Å². The molecular weight excluding hydrogens is 262 g/mol. The highest BCUT2D eigenvalue weighted by Crippen LogP contribution is 2.30. The zero-order valence-electron chi connectivity index (χ0n) is 9.74. The van der Waals surface area contributed by atoms with Crippen molar-refractivity contribution >= 4 is 28.8 Å². The molecule has 0 atom stereocenters. The summed E-state index contributed by atoms with van der Waals surface area (Å²) in [6.45, 7) is 0. The molecule has 0 spiro atoms. The number of hydrogen-bond acceptors (Lipinski definition) is 4. The van der Waals surface area contributed by atoms with E-state index in [0.29, 0.717) is 5.22 Å². The van der Waals surface area contributed by atoms with Gasteiger partial charge in [-0.25, -0.2) is 9.78 Å². The van der Waals surface area contributed by atoms with Crippen LogP contribution in [0.2, 0.25) is 0 Å². The molecule has 19 heavy (non-hydrogen) atoms. The van der Waals surface area contributed by atoms with Gasteiger partial charge in [-0.05, 0) is 42.1 Å². The molecule has 0 saturated heterocycles. The number of fused-ring (bicyclic) bond motifs is 1. The lowest BCUT2D eigenvalue weighted by molar-refractivity contribution is 0.0696. The molecule has 0 fully saturated rings. The van der Waals surface area contributed by atoms with Crippen LogP contribution in [0.25, 0.3) is 11.1 Å². The number of carboxylic acids is 1. The average Bonchev–Trinajstić information content (AvgIpc) is 2.81. The third kappa shape index (κ3) is 2.46. The molecule has 1 heterocycles. The summed E-state index contributed by atoms with van der Waals surface area (Å²) in [5, 5.41) is 9.44. The fraction of sp³-hybridized carbons (Fsp3) is 0. The summed E-state index contributed by atoms with van der Waals surface area (Å²) in [7, 11) is 0. The van der Waals surface area contributed by atoms with Crippen LogP contribution in [0.5, 0.6) is 0 Å². The van der Waals surface area contributed by atoms with Gasteiger partial charge in [0.15, 0.2) is 5.58 Å². The number of carbonyl (C=O) groups is 1. The summed E-state index contributed by atoms with van der Waals surface area (Å²) in [6.07, 6.45) is 0. The lowest BCUT2D eigenvalue weighted by Gasteiger charge is -1.98. The van der Waals surface area contributed by atoms with Crippen molar-refractivity contribution in [2.45, 2.75) is 10.1 Å². The molecule has 0 bridgehead atoms. The molecule has 5 heteroatoms. The number of nitrogens with zero attached hydrogens (tertiary/aromatic N) is 1. The van der Waals surface area contributed by atoms with E-state index in [2.05, 4.69) is 4.98 Å². The summed E-state index contributed by atoms with van der Waals surface area (Å²) in [5.41, 5.74) is 1.76. The SMILES string of the molecule is O=C(O)c1cccc(Sc2nc3ccccc3o2)c1. The highest BCUT2D eigenvalue weighted by molar-refractivity contribution is 7.99. The van der Waals surface area contributed by atoms with Crippen LogP contribution >= 0.6 is 11.8 Å². The Hall–Kier alpha value is -2.27. The molecule has 3 rings (SSSR count). The topological polar surface area (TPSA) is 63.3 Å². The van der Waals surface area contributed by atoms with E-state index in [-0.39, 0.29) is 5.56 Å². The van der Waals surface area contributed by atoms with E-state index in [1.165, 1.54) is 11.8 Å². The summed E-state index contributed by atoms with van der Waals surface area (Å²) in [4.78, 5) is 16.0. The molecule has 0 unspecified atom stereocenters. The second-order valence-electron chi connectivity index (χ2n) is 3.88. The third-order valence-electron chi connectivity index (χ3n) is 2.56. The fourth-order valence-electron chi connectivity index (χ4n) is 1.69. The lowest BCUT2D eigenvalue weighted by atomic mass is 10.2. The van der Waals surface area contributed by atoms with Crippen molar-refractivity contribution in [2.24, 2.45) is 0 Å². The fourth-order valence-corrected chi connectivity index (χ4v) is 2.50. The number of aromatic carboxylic acids is 1. The lowest BCUT2D eigenvalue weighted by Crippen LogP contribution is -1.95. The Morgan fingerprint density at radius 3 is 2.79 bits per heavy atom. The number of benzene rings is 2. The van der Waals surface area contributed by atoms with Crippen molar-refractivity contribution in [1.29, 1.82) is 0 Å². The molecule has 0 radical (unpaired) electrons. The second-order valence-corrected chi connectivity index (χ2v) is 4.91. The predicted molar refractivity (Wildman–Crippen MR) is 71.5 cm³/mol. The van der Waals surface area contributed by atoms with Crippen LogP contribution < -0.4 is 0 Å². The van der Waals surface area contributed by atoms with Crippen LogP contribution in [0.15, 0.2) is 63.1 Å². The van der Waals surface area contributed by atoms with Gasteiger partial charge in [0.2, 0.25) is 0 Å². The van der Waals surface area contributed by atoms with Crippen LogP contribution in [0.1, 0.15) is 10.4 Å². The van der Waals surface area contributed by atoms with E-state index >= 15 is 0 Å². The standard InChI is InChI=1S/C14H9NO3S/c16-13(17)9-4-3-5-10(8-9)19-14-15-11-6-1-2-7-12(11)18-14/h1-8H,(H,16,17). The van der Waals surface area contributed by atoms with Crippen molar-refractivity contribution < 1.29 is 14.3 Å². The summed E-state index contributed by atoms with van der Waals surface area (Å²) in [6, 6.07) is 14.2. The molecule has 2 aromatic carbocycles. The maximum atomic E-state index is 10.9. The molecule has 3 aromatic rings. The van der Waals surface area contributed by atoms with Gasteiger partial charge >= 0.3 is 5.97 Å². The molecule has 1 aromatic heterocycles. The van der Waals surface area contributed by atoms with Crippen LogP contribution in [-0.4, -0.2) is 16.1 Å². The van der Waals surface area contributed by atoms with Gasteiger partial charge < -0.3 is 9.52 Å². The molecule has 94 valence electrons. The molecule has 4 nitrogen and oxygen atoms in total. The molecule has 0 aliphatic heterocycles. The van der Waals surface area contributed by atoms with Crippen LogP contribution in [-0.2, 0) is 0 Å². The number of carboxylic acid groups (broad SMARTS) is 1. The zero-order valence-corrected chi connectivity index (χ0v) is 10.6. The average molecular weight is 271 g/mol. The Balaban J connectivity index is 1.92. The number of rotatable bonds is 3. The highest BCUT2D eigenvalue weighted by atomic mass is 32.2. The summed E-state index contributed by atoms with van der Waals surface area (Å²) < 4.78 is 5.58. The van der Waals surface area contributed by atoms with E-state index in [1.54, 1.807) is 18.2 Å². The minimum absolute atomic E-state index is 0.251.